The molecule has 2 heteroatoms. The van der Waals surface area contributed by atoms with Crippen LogP contribution in [-0.4, -0.2) is 11.2 Å². The standard InChI is InChI=1S/C8H16O.H3N/c1-7(9)8-5-3-2-4-6-8;/h7-9H,2-6H2,1H3;1H3. The Morgan fingerprint density at radius 2 is 1.70 bits per heavy atom. The van der Waals surface area contributed by atoms with Gasteiger partial charge in [0.15, 0.2) is 0 Å². The summed E-state index contributed by atoms with van der Waals surface area (Å²) >= 11 is 0. The third-order valence-electron chi connectivity index (χ3n) is 2.33. The molecule has 0 radical (unpaired) electrons. The fourth-order valence-corrected chi connectivity index (χ4v) is 1.62. The van der Waals surface area contributed by atoms with Crippen molar-refractivity contribution in [1.82, 2.24) is 6.15 Å². The number of hydrogen-bond donors (Lipinski definition) is 2. The van der Waals surface area contributed by atoms with Crippen molar-refractivity contribution in [2.24, 2.45) is 5.92 Å². The highest BCUT2D eigenvalue weighted by Crippen LogP contribution is 2.25. The van der Waals surface area contributed by atoms with E-state index in [1.54, 1.807) is 0 Å². The van der Waals surface area contributed by atoms with Crippen LogP contribution in [0.5, 0.6) is 0 Å². The summed E-state index contributed by atoms with van der Waals surface area (Å²) in [4.78, 5) is 0. The highest BCUT2D eigenvalue weighted by atomic mass is 16.3. The van der Waals surface area contributed by atoms with Crippen molar-refractivity contribution in [3.05, 3.63) is 0 Å². The fraction of sp³-hybridized carbons (Fsp3) is 1.00. The molecule has 10 heavy (non-hydrogen) atoms. The van der Waals surface area contributed by atoms with Crippen LogP contribution in [0.3, 0.4) is 0 Å². The van der Waals surface area contributed by atoms with E-state index in [4.69, 9.17) is 0 Å². The predicted molar refractivity (Wildman–Crippen MR) is 43.3 cm³/mol. The SMILES string of the molecule is CC(O)C1CCCCC1.N. The Morgan fingerprint density at radius 3 is 2.00 bits per heavy atom. The molecule has 0 aromatic rings. The maximum atomic E-state index is 9.18. The van der Waals surface area contributed by atoms with Gasteiger partial charge in [0.05, 0.1) is 6.10 Å². The third kappa shape index (κ3) is 2.67. The van der Waals surface area contributed by atoms with E-state index < -0.39 is 0 Å². The molecule has 4 N–H and O–H groups in total. The van der Waals surface area contributed by atoms with E-state index in [0.717, 1.165) is 0 Å². The van der Waals surface area contributed by atoms with E-state index in [2.05, 4.69) is 0 Å². The highest BCUT2D eigenvalue weighted by molar-refractivity contribution is 4.69. The molecule has 1 rings (SSSR count). The molecule has 1 aliphatic rings. The summed E-state index contributed by atoms with van der Waals surface area (Å²) in [5.41, 5.74) is 0. The second-order valence-corrected chi connectivity index (χ2v) is 3.14. The van der Waals surface area contributed by atoms with Gasteiger partial charge in [-0.05, 0) is 25.7 Å². The Morgan fingerprint density at radius 1 is 1.20 bits per heavy atom. The zero-order chi connectivity index (χ0) is 6.69. The van der Waals surface area contributed by atoms with E-state index in [1.807, 2.05) is 6.92 Å². The minimum atomic E-state index is -0.0645. The Hall–Kier alpha value is -0.0800. The van der Waals surface area contributed by atoms with Gasteiger partial charge in [-0.15, -0.1) is 0 Å². The molecule has 0 aromatic carbocycles. The summed E-state index contributed by atoms with van der Waals surface area (Å²) in [7, 11) is 0. The average molecular weight is 145 g/mol. The largest absolute Gasteiger partial charge is 0.393 e. The van der Waals surface area contributed by atoms with Gasteiger partial charge in [-0.25, -0.2) is 0 Å². The quantitative estimate of drug-likeness (QED) is 0.593. The molecular formula is C8H19NO. The maximum Gasteiger partial charge on any atom is 0.0540 e. The van der Waals surface area contributed by atoms with Crippen LogP contribution in [-0.2, 0) is 0 Å². The fourth-order valence-electron chi connectivity index (χ4n) is 1.62. The molecular weight excluding hydrogens is 126 g/mol. The normalized spacial score (nSPS) is 23.4. The van der Waals surface area contributed by atoms with Crippen LogP contribution in [0.25, 0.3) is 0 Å². The average Bonchev–Trinajstić information content (AvgIpc) is 1.90. The molecule has 0 saturated heterocycles. The van der Waals surface area contributed by atoms with Crippen molar-refractivity contribution in [1.29, 1.82) is 0 Å². The molecule has 0 aliphatic heterocycles. The molecule has 1 aliphatic carbocycles. The van der Waals surface area contributed by atoms with Crippen LogP contribution >= 0.6 is 0 Å². The lowest BCUT2D eigenvalue weighted by atomic mass is 9.86. The van der Waals surface area contributed by atoms with Gasteiger partial charge in [-0.2, -0.15) is 0 Å². The van der Waals surface area contributed by atoms with Crippen molar-refractivity contribution in [3.63, 3.8) is 0 Å². The van der Waals surface area contributed by atoms with Gasteiger partial charge in [0, 0.05) is 0 Å². The van der Waals surface area contributed by atoms with Crippen molar-refractivity contribution in [2.75, 3.05) is 0 Å². The van der Waals surface area contributed by atoms with Gasteiger partial charge in [0.1, 0.15) is 0 Å². The summed E-state index contributed by atoms with van der Waals surface area (Å²) in [6.45, 7) is 1.91. The summed E-state index contributed by atoms with van der Waals surface area (Å²) in [5.74, 6) is 0.610. The van der Waals surface area contributed by atoms with E-state index in [9.17, 15) is 5.11 Å². The van der Waals surface area contributed by atoms with Crippen molar-refractivity contribution >= 4 is 0 Å². The molecule has 2 nitrogen and oxygen atoms in total. The second-order valence-electron chi connectivity index (χ2n) is 3.14. The lowest BCUT2D eigenvalue weighted by Gasteiger charge is -2.23. The first-order valence-electron chi connectivity index (χ1n) is 3.99. The number of aliphatic hydroxyl groups excluding tert-OH is 1. The topological polar surface area (TPSA) is 55.2 Å². The molecule has 0 aromatic heterocycles. The number of hydrogen-bond acceptors (Lipinski definition) is 2. The van der Waals surface area contributed by atoms with Crippen molar-refractivity contribution in [3.8, 4) is 0 Å². The molecule has 62 valence electrons. The van der Waals surface area contributed by atoms with Gasteiger partial charge in [0.2, 0.25) is 0 Å². The molecule has 0 heterocycles. The lowest BCUT2D eigenvalue weighted by molar-refractivity contribution is 0.101. The van der Waals surface area contributed by atoms with E-state index >= 15 is 0 Å². The van der Waals surface area contributed by atoms with Crippen molar-refractivity contribution < 1.29 is 5.11 Å². The minimum absolute atomic E-state index is 0. The van der Waals surface area contributed by atoms with E-state index in [-0.39, 0.29) is 12.3 Å². The Bertz CT molecular complexity index is 77.3. The van der Waals surface area contributed by atoms with Gasteiger partial charge < -0.3 is 11.3 Å². The van der Waals surface area contributed by atoms with Crippen LogP contribution in [0.4, 0.5) is 0 Å². The summed E-state index contributed by atoms with van der Waals surface area (Å²) < 4.78 is 0. The summed E-state index contributed by atoms with van der Waals surface area (Å²) in [5, 5.41) is 9.18. The van der Waals surface area contributed by atoms with E-state index in [1.165, 1.54) is 32.1 Å². The zero-order valence-electron chi connectivity index (χ0n) is 6.84. The first-order chi connectivity index (χ1) is 4.30. The Balaban J connectivity index is 0.000000810. The van der Waals surface area contributed by atoms with Gasteiger partial charge in [-0.1, -0.05) is 19.3 Å². The van der Waals surface area contributed by atoms with E-state index in [0.29, 0.717) is 5.92 Å². The number of aliphatic hydroxyl groups is 1. The van der Waals surface area contributed by atoms with Crippen LogP contribution in [0.1, 0.15) is 39.0 Å². The lowest BCUT2D eigenvalue weighted by Crippen LogP contribution is -2.19. The Kier molecular flexibility index (Phi) is 4.65. The highest BCUT2D eigenvalue weighted by Gasteiger charge is 2.17. The molecule has 1 saturated carbocycles. The minimum Gasteiger partial charge on any atom is -0.393 e. The monoisotopic (exact) mass is 145 g/mol. The van der Waals surface area contributed by atoms with Crippen molar-refractivity contribution in [2.45, 2.75) is 45.1 Å². The second kappa shape index (κ2) is 4.69. The first kappa shape index (κ1) is 9.92. The predicted octanol–water partition coefficient (Wildman–Crippen LogP) is 2.11. The van der Waals surface area contributed by atoms with Crippen LogP contribution in [0.2, 0.25) is 0 Å². The molecule has 0 bridgehead atoms. The molecule has 1 atom stereocenters. The van der Waals surface area contributed by atoms with Crippen LogP contribution < -0.4 is 6.15 Å². The molecule has 1 fully saturated rings. The van der Waals surface area contributed by atoms with Gasteiger partial charge >= 0.3 is 0 Å². The molecule has 1 unspecified atom stereocenters. The molecule has 0 spiro atoms. The summed E-state index contributed by atoms with van der Waals surface area (Å²) in [6.07, 6.45) is 6.47. The van der Waals surface area contributed by atoms with Gasteiger partial charge in [-0.3, -0.25) is 0 Å². The molecule has 0 amide bonds. The van der Waals surface area contributed by atoms with Crippen LogP contribution in [0.15, 0.2) is 0 Å². The van der Waals surface area contributed by atoms with Gasteiger partial charge in [0.25, 0.3) is 0 Å². The number of rotatable bonds is 1. The summed E-state index contributed by atoms with van der Waals surface area (Å²) in [6, 6.07) is 0. The van der Waals surface area contributed by atoms with Crippen LogP contribution in [0, 0.1) is 5.92 Å². The zero-order valence-corrected chi connectivity index (χ0v) is 6.84. The first-order valence-corrected chi connectivity index (χ1v) is 3.99. The smallest absolute Gasteiger partial charge is 0.0540 e. The Labute approximate surface area is 63.2 Å². The maximum absolute atomic E-state index is 9.18. The third-order valence-corrected chi connectivity index (χ3v) is 2.33.